The number of fused-ring (bicyclic) bond motifs is 1. The predicted octanol–water partition coefficient (Wildman–Crippen LogP) is 2.85. The summed E-state index contributed by atoms with van der Waals surface area (Å²) in [6.07, 6.45) is 1.06. The maximum Gasteiger partial charge on any atom is 0.410 e. The Kier molecular flexibility index (Phi) is 5.88. The Bertz CT molecular complexity index is 978. The Morgan fingerprint density at radius 2 is 1.30 bits per heavy atom. The summed E-state index contributed by atoms with van der Waals surface area (Å²) in [6.45, 7) is 15.9. The van der Waals surface area contributed by atoms with Gasteiger partial charge in [-0.15, -0.1) is 0 Å². The number of anilines is 2. The largest absolute Gasteiger partial charge is 0.444 e. The summed E-state index contributed by atoms with van der Waals surface area (Å²) in [6, 6.07) is 8.60. The van der Waals surface area contributed by atoms with Crippen LogP contribution >= 0.6 is 0 Å². The summed E-state index contributed by atoms with van der Waals surface area (Å²) in [5, 5.41) is 0. The zero-order chi connectivity index (χ0) is 24.2. The number of nitrogens with zero attached hydrogens (tertiary/aromatic N) is 4. The lowest BCUT2D eigenvalue weighted by Gasteiger charge is -2.35. The lowest BCUT2D eigenvalue weighted by atomic mass is 9.71. The van der Waals surface area contributed by atoms with Gasteiger partial charge in [0.1, 0.15) is 5.60 Å². The fourth-order valence-electron chi connectivity index (χ4n) is 5.45. The SMILES string of the molecule is CC(C)(C)OC(=O)N1C[C@@]2(C)CN(c3ccc(N4CCN(S(C)(=O)=O)CC4)cc3)C[C@@]2(C)C1. The first-order chi connectivity index (χ1) is 15.2. The van der Waals surface area contributed by atoms with Gasteiger partial charge in [-0.3, -0.25) is 0 Å². The molecule has 3 aliphatic rings. The zero-order valence-corrected chi connectivity index (χ0v) is 21.6. The number of benzene rings is 1. The fourth-order valence-corrected chi connectivity index (χ4v) is 6.28. The Balaban J connectivity index is 1.39. The van der Waals surface area contributed by atoms with E-state index in [1.807, 2.05) is 25.7 Å². The molecule has 1 aromatic rings. The number of hydrogen-bond donors (Lipinski definition) is 0. The van der Waals surface area contributed by atoms with Gasteiger partial charge < -0.3 is 19.4 Å². The molecule has 2 atom stereocenters. The highest BCUT2D eigenvalue weighted by Gasteiger charge is 2.59. The van der Waals surface area contributed by atoms with Crippen molar-refractivity contribution < 1.29 is 17.9 Å². The molecular formula is C24H38N4O4S. The monoisotopic (exact) mass is 478 g/mol. The number of ether oxygens (including phenoxy) is 1. The van der Waals surface area contributed by atoms with Crippen LogP contribution in [0.1, 0.15) is 34.6 Å². The highest BCUT2D eigenvalue weighted by molar-refractivity contribution is 7.88. The van der Waals surface area contributed by atoms with E-state index < -0.39 is 15.6 Å². The zero-order valence-electron chi connectivity index (χ0n) is 20.8. The summed E-state index contributed by atoms with van der Waals surface area (Å²) in [4.78, 5) is 19.2. The highest BCUT2D eigenvalue weighted by atomic mass is 32.2. The van der Waals surface area contributed by atoms with Gasteiger partial charge in [0.25, 0.3) is 0 Å². The molecule has 0 aliphatic carbocycles. The molecular weight excluding hydrogens is 440 g/mol. The molecule has 0 aromatic heterocycles. The molecule has 8 nitrogen and oxygen atoms in total. The van der Waals surface area contributed by atoms with Crippen LogP contribution in [0, 0.1) is 10.8 Å². The van der Waals surface area contributed by atoms with E-state index in [1.165, 1.54) is 11.9 Å². The van der Waals surface area contributed by atoms with Gasteiger partial charge in [0, 0.05) is 74.6 Å². The van der Waals surface area contributed by atoms with Crippen molar-refractivity contribution in [2.45, 2.75) is 40.2 Å². The molecule has 4 rings (SSSR count). The van der Waals surface area contributed by atoms with Gasteiger partial charge >= 0.3 is 6.09 Å². The highest BCUT2D eigenvalue weighted by Crippen LogP contribution is 2.52. The minimum Gasteiger partial charge on any atom is -0.444 e. The molecule has 3 heterocycles. The van der Waals surface area contributed by atoms with Crippen LogP contribution in [0.5, 0.6) is 0 Å². The number of piperazine rings is 1. The number of likely N-dealkylation sites (tertiary alicyclic amines) is 1. The molecule has 184 valence electrons. The van der Waals surface area contributed by atoms with Crippen molar-refractivity contribution in [3.63, 3.8) is 0 Å². The van der Waals surface area contributed by atoms with Crippen LogP contribution in [0.3, 0.4) is 0 Å². The Labute approximate surface area is 198 Å². The van der Waals surface area contributed by atoms with Gasteiger partial charge in [0.05, 0.1) is 6.26 Å². The van der Waals surface area contributed by atoms with Crippen molar-refractivity contribution in [3.8, 4) is 0 Å². The molecule has 0 N–H and O–H groups in total. The molecule has 33 heavy (non-hydrogen) atoms. The third-order valence-corrected chi connectivity index (χ3v) is 8.86. The molecule has 9 heteroatoms. The number of amides is 1. The number of sulfonamides is 1. The van der Waals surface area contributed by atoms with E-state index in [0.717, 1.165) is 18.8 Å². The van der Waals surface area contributed by atoms with E-state index in [4.69, 9.17) is 4.74 Å². The molecule has 0 radical (unpaired) electrons. The number of hydrogen-bond acceptors (Lipinski definition) is 6. The Hall–Kier alpha value is -2.00. The topological polar surface area (TPSA) is 73.4 Å². The van der Waals surface area contributed by atoms with Gasteiger partial charge in [-0.2, -0.15) is 4.31 Å². The molecule has 0 unspecified atom stereocenters. The second kappa shape index (κ2) is 8.05. The van der Waals surface area contributed by atoms with E-state index in [0.29, 0.717) is 39.3 Å². The average molecular weight is 479 g/mol. The first kappa shape index (κ1) is 24.1. The Morgan fingerprint density at radius 3 is 1.73 bits per heavy atom. The van der Waals surface area contributed by atoms with Crippen LogP contribution in [0.25, 0.3) is 0 Å². The fraction of sp³-hybridized carbons (Fsp3) is 0.708. The second-order valence-corrected chi connectivity index (χ2v) is 13.5. The molecule has 1 amide bonds. The Morgan fingerprint density at radius 1 is 0.848 bits per heavy atom. The van der Waals surface area contributed by atoms with Gasteiger partial charge in [0.15, 0.2) is 0 Å². The van der Waals surface area contributed by atoms with Crippen LogP contribution in [-0.2, 0) is 14.8 Å². The summed E-state index contributed by atoms with van der Waals surface area (Å²) in [5.41, 5.74) is 1.84. The quantitative estimate of drug-likeness (QED) is 0.665. The van der Waals surface area contributed by atoms with E-state index in [9.17, 15) is 13.2 Å². The van der Waals surface area contributed by atoms with Crippen LogP contribution < -0.4 is 9.80 Å². The van der Waals surface area contributed by atoms with Crippen molar-refractivity contribution in [2.24, 2.45) is 10.8 Å². The van der Waals surface area contributed by atoms with Crippen LogP contribution in [0.2, 0.25) is 0 Å². The first-order valence-corrected chi connectivity index (χ1v) is 13.6. The molecule has 3 saturated heterocycles. The van der Waals surface area contributed by atoms with Crippen LogP contribution in [0.15, 0.2) is 24.3 Å². The van der Waals surface area contributed by atoms with E-state index in [2.05, 4.69) is 47.9 Å². The summed E-state index contributed by atoms with van der Waals surface area (Å²) >= 11 is 0. The maximum absolute atomic E-state index is 12.6. The third-order valence-electron chi connectivity index (χ3n) is 7.56. The minimum atomic E-state index is -3.12. The lowest BCUT2D eigenvalue weighted by molar-refractivity contribution is 0.0269. The standard InChI is InChI=1S/C24H38N4O4S/c1-22(2,3)32-21(29)27-17-23(4)15-26(16-24(23,5)18-27)20-9-7-19(8-10-20)25-11-13-28(14-12-25)33(6,30)31/h7-10H,11-18H2,1-6H3/t23-,24+. The van der Waals surface area contributed by atoms with Crippen molar-refractivity contribution in [1.82, 2.24) is 9.21 Å². The van der Waals surface area contributed by atoms with Crippen molar-refractivity contribution >= 4 is 27.5 Å². The maximum atomic E-state index is 12.6. The second-order valence-electron chi connectivity index (χ2n) is 11.5. The van der Waals surface area contributed by atoms with E-state index in [1.54, 1.807) is 4.31 Å². The lowest BCUT2D eigenvalue weighted by Crippen LogP contribution is -2.48. The smallest absolute Gasteiger partial charge is 0.410 e. The molecule has 3 aliphatic heterocycles. The van der Waals surface area contributed by atoms with Gasteiger partial charge in [-0.1, -0.05) is 13.8 Å². The van der Waals surface area contributed by atoms with Gasteiger partial charge in [0.2, 0.25) is 10.0 Å². The first-order valence-electron chi connectivity index (χ1n) is 11.7. The van der Waals surface area contributed by atoms with E-state index in [-0.39, 0.29) is 16.9 Å². The van der Waals surface area contributed by atoms with Crippen molar-refractivity contribution in [3.05, 3.63) is 24.3 Å². The van der Waals surface area contributed by atoms with E-state index >= 15 is 0 Å². The molecule has 0 bridgehead atoms. The molecule has 0 saturated carbocycles. The molecule has 3 fully saturated rings. The van der Waals surface area contributed by atoms with Gasteiger partial charge in [-0.05, 0) is 45.0 Å². The van der Waals surface area contributed by atoms with Crippen molar-refractivity contribution in [2.75, 3.05) is 68.4 Å². The van der Waals surface area contributed by atoms with Crippen molar-refractivity contribution in [1.29, 1.82) is 0 Å². The normalized spacial score (nSPS) is 28.8. The number of carbonyl (C=O) groups is 1. The summed E-state index contributed by atoms with van der Waals surface area (Å²) in [7, 11) is -3.12. The number of carbonyl (C=O) groups excluding carboxylic acids is 1. The van der Waals surface area contributed by atoms with Crippen LogP contribution in [-0.4, -0.2) is 87.9 Å². The van der Waals surface area contributed by atoms with Crippen LogP contribution in [0.4, 0.5) is 16.2 Å². The molecule has 1 aromatic carbocycles. The predicted molar refractivity (Wildman–Crippen MR) is 131 cm³/mol. The summed E-state index contributed by atoms with van der Waals surface area (Å²) in [5.74, 6) is 0. The average Bonchev–Trinajstić information content (AvgIpc) is 3.11. The molecule has 0 spiro atoms. The third kappa shape index (κ3) is 4.80. The number of rotatable bonds is 3. The minimum absolute atomic E-state index is 0.00451. The van der Waals surface area contributed by atoms with Gasteiger partial charge in [-0.25, -0.2) is 13.2 Å². The summed E-state index contributed by atoms with van der Waals surface area (Å²) < 4.78 is 30.7.